The second-order valence-electron chi connectivity index (χ2n) is 5.53. The van der Waals surface area contributed by atoms with Gasteiger partial charge in [-0.1, -0.05) is 6.07 Å². The lowest BCUT2D eigenvalue weighted by Gasteiger charge is -2.18. The summed E-state index contributed by atoms with van der Waals surface area (Å²) in [5, 5.41) is 0. The van der Waals surface area contributed by atoms with Crippen LogP contribution in [0.1, 0.15) is 12.5 Å². The van der Waals surface area contributed by atoms with Crippen LogP contribution in [0.4, 0.5) is 0 Å². The van der Waals surface area contributed by atoms with Gasteiger partial charge in [-0.05, 0) is 55.3 Å². The summed E-state index contributed by atoms with van der Waals surface area (Å²) in [5.74, 6) is 2.08. The number of benzene rings is 2. The van der Waals surface area contributed by atoms with Gasteiger partial charge in [0.1, 0.15) is 19.0 Å². The van der Waals surface area contributed by atoms with Crippen molar-refractivity contribution < 1.29 is 22.6 Å². The summed E-state index contributed by atoms with van der Waals surface area (Å²) in [4.78, 5) is 0.220. The maximum absolute atomic E-state index is 12.3. The van der Waals surface area contributed by atoms with Crippen LogP contribution in [0.5, 0.6) is 17.2 Å². The molecular weight excluding hydrogens is 342 g/mol. The zero-order valence-electron chi connectivity index (χ0n) is 14.0. The van der Waals surface area contributed by atoms with Crippen molar-refractivity contribution in [3.05, 3.63) is 48.0 Å². The molecular formula is C18H21NO5S. The number of hydrogen-bond donors (Lipinski definition) is 1. The Bertz CT molecular complexity index is 818. The van der Waals surface area contributed by atoms with Crippen LogP contribution in [0.3, 0.4) is 0 Å². The molecule has 0 unspecified atom stereocenters. The summed E-state index contributed by atoms with van der Waals surface area (Å²) < 4.78 is 43.6. The fraction of sp³-hybridized carbons (Fsp3) is 0.333. The molecule has 1 N–H and O–H groups in total. The number of sulfonamides is 1. The van der Waals surface area contributed by atoms with Crippen molar-refractivity contribution in [2.24, 2.45) is 0 Å². The standard InChI is InChI=1S/C18H21NO5S/c1-2-22-15-4-6-16(7-5-15)25(20,21)19-10-9-14-3-8-17-18(13-14)24-12-11-23-17/h3-8,13,19H,2,9-12H2,1H3. The molecule has 0 saturated heterocycles. The first-order valence-corrected chi connectivity index (χ1v) is 9.68. The van der Waals surface area contributed by atoms with Gasteiger partial charge in [0.2, 0.25) is 10.0 Å². The maximum Gasteiger partial charge on any atom is 0.240 e. The molecule has 2 aromatic carbocycles. The van der Waals surface area contributed by atoms with Gasteiger partial charge in [0.15, 0.2) is 11.5 Å². The van der Waals surface area contributed by atoms with E-state index in [4.69, 9.17) is 14.2 Å². The maximum atomic E-state index is 12.3. The fourth-order valence-electron chi connectivity index (χ4n) is 2.54. The Balaban J connectivity index is 1.58. The van der Waals surface area contributed by atoms with Crippen LogP contribution in [-0.2, 0) is 16.4 Å². The van der Waals surface area contributed by atoms with Crippen LogP contribution >= 0.6 is 0 Å². The lowest BCUT2D eigenvalue weighted by atomic mass is 10.1. The highest BCUT2D eigenvalue weighted by molar-refractivity contribution is 7.89. The second kappa shape index (κ2) is 7.76. The van der Waals surface area contributed by atoms with Crippen LogP contribution < -0.4 is 18.9 Å². The largest absolute Gasteiger partial charge is 0.494 e. The summed E-state index contributed by atoms with van der Waals surface area (Å²) in [6, 6.07) is 12.0. The molecule has 25 heavy (non-hydrogen) atoms. The third kappa shape index (κ3) is 4.43. The van der Waals surface area contributed by atoms with Gasteiger partial charge in [-0.2, -0.15) is 0 Å². The predicted molar refractivity (Wildman–Crippen MR) is 93.9 cm³/mol. The summed E-state index contributed by atoms with van der Waals surface area (Å²) in [6.07, 6.45) is 0.562. The zero-order chi connectivity index (χ0) is 17.7. The average Bonchev–Trinajstić information content (AvgIpc) is 2.62. The summed E-state index contributed by atoms with van der Waals surface area (Å²) >= 11 is 0. The average molecular weight is 363 g/mol. The van der Waals surface area contributed by atoms with E-state index in [1.807, 2.05) is 25.1 Å². The SMILES string of the molecule is CCOc1ccc(S(=O)(=O)NCCc2ccc3c(c2)OCCO3)cc1. The molecule has 0 atom stereocenters. The summed E-state index contributed by atoms with van der Waals surface area (Å²) in [6.45, 7) is 3.80. The van der Waals surface area contributed by atoms with Gasteiger partial charge in [-0.25, -0.2) is 13.1 Å². The quantitative estimate of drug-likeness (QED) is 0.818. The molecule has 0 fully saturated rings. The number of ether oxygens (including phenoxy) is 3. The number of rotatable bonds is 7. The van der Waals surface area contributed by atoms with Crippen molar-refractivity contribution in [1.82, 2.24) is 4.72 Å². The van der Waals surface area contributed by atoms with Gasteiger partial charge in [0.05, 0.1) is 11.5 Å². The Morgan fingerprint density at radius 2 is 1.76 bits per heavy atom. The Labute approximate surface area is 147 Å². The molecule has 3 rings (SSSR count). The minimum absolute atomic E-state index is 0.220. The molecule has 7 heteroatoms. The van der Waals surface area contributed by atoms with E-state index >= 15 is 0 Å². The fourth-order valence-corrected chi connectivity index (χ4v) is 3.57. The minimum atomic E-state index is -3.54. The van der Waals surface area contributed by atoms with E-state index in [0.717, 1.165) is 11.3 Å². The Morgan fingerprint density at radius 1 is 1.04 bits per heavy atom. The topological polar surface area (TPSA) is 73.9 Å². The highest BCUT2D eigenvalue weighted by Gasteiger charge is 2.15. The first-order chi connectivity index (χ1) is 12.1. The highest BCUT2D eigenvalue weighted by Crippen LogP contribution is 2.30. The van der Waals surface area contributed by atoms with Crippen molar-refractivity contribution in [3.8, 4) is 17.2 Å². The molecule has 1 heterocycles. The van der Waals surface area contributed by atoms with Gasteiger partial charge in [0, 0.05) is 6.54 Å². The molecule has 0 spiro atoms. The van der Waals surface area contributed by atoms with E-state index in [1.54, 1.807) is 12.1 Å². The summed E-state index contributed by atoms with van der Waals surface area (Å²) in [5.41, 5.74) is 0.985. The third-order valence-corrected chi connectivity index (χ3v) is 5.23. The molecule has 0 aliphatic carbocycles. The Hall–Kier alpha value is -2.25. The first-order valence-electron chi connectivity index (χ1n) is 8.19. The molecule has 134 valence electrons. The van der Waals surface area contributed by atoms with Gasteiger partial charge in [-0.3, -0.25) is 0 Å². The highest BCUT2D eigenvalue weighted by atomic mass is 32.2. The number of fused-ring (bicyclic) bond motifs is 1. The van der Waals surface area contributed by atoms with Crippen LogP contribution in [0.25, 0.3) is 0 Å². The Kier molecular flexibility index (Phi) is 5.45. The number of hydrogen-bond acceptors (Lipinski definition) is 5. The zero-order valence-corrected chi connectivity index (χ0v) is 14.8. The second-order valence-corrected chi connectivity index (χ2v) is 7.30. The van der Waals surface area contributed by atoms with Crippen molar-refractivity contribution >= 4 is 10.0 Å². The molecule has 0 amide bonds. The molecule has 0 aromatic heterocycles. The molecule has 6 nitrogen and oxygen atoms in total. The first kappa shape index (κ1) is 17.6. The summed E-state index contributed by atoms with van der Waals surface area (Å²) in [7, 11) is -3.54. The van der Waals surface area contributed by atoms with Gasteiger partial charge >= 0.3 is 0 Å². The van der Waals surface area contributed by atoms with Crippen molar-refractivity contribution in [2.45, 2.75) is 18.2 Å². The van der Waals surface area contributed by atoms with Crippen molar-refractivity contribution in [1.29, 1.82) is 0 Å². The van der Waals surface area contributed by atoms with E-state index in [0.29, 0.717) is 44.3 Å². The van der Waals surface area contributed by atoms with Gasteiger partial charge in [0.25, 0.3) is 0 Å². The van der Waals surface area contributed by atoms with Gasteiger partial charge in [-0.15, -0.1) is 0 Å². The molecule has 1 aliphatic heterocycles. The van der Waals surface area contributed by atoms with E-state index < -0.39 is 10.0 Å². The molecule has 1 aliphatic rings. The van der Waals surface area contributed by atoms with Crippen molar-refractivity contribution in [3.63, 3.8) is 0 Å². The third-order valence-electron chi connectivity index (χ3n) is 3.76. The van der Waals surface area contributed by atoms with Crippen LogP contribution in [0.15, 0.2) is 47.4 Å². The van der Waals surface area contributed by atoms with Crippen LogP contribution in [0.2, 0.25) is 0 Å². The minimum Gasteiger partial charge on any atom is -0.494 e. The van der Waals surface area contributed by atoms with E-state index in [-0.39, 0.29) is 4.90 Å². The monoisotopic (exact) mass is 363 g/mol. The van der Waals surface area contributed by atoms with E-state index in [9.17, 15) is 8.42 Å². The smallest absolute Gasteiger partial charge is 0.240 e. The lowest BCUT2D eigenvalue weighted by molar-refractivity contribution is 0.171. The predicted octanol–water partition coefficient (Wildman–Crippen LogP) is 2.38. The molecule has 2 aromatic rings. The number of nitrogens with one attached hydrogen (secondary N) is 1. The van der Waals surface area contributed by atoms with E-state index in [2.05, 4.69) is 4.72 Å². The van der Waals surface area contributed by atoms with Crippen molar-refractivity contribution in [2.75, 3.05) is 26.4 Å². The van der Waals surface area contributed by atoms with Crippen LogP contribution in [0, 0.1) is 0 Å². The molecule has 0 saturated carbocycles. The lowest BCUT2D eigenvalue weighted by Crippen LogP contribution is -2.26. The molecule has 0 bridgehead atoms. The normalized spacial score (nSPS) is 13.5. The Morgan fingerprint density at radius 3 is 2.48 bits per heavy atom. The molecule has 0 radical (unpaired) electrons. The van der Waals surface area contributed by atoms with Gasteiger partial charge < -0.3 is 14.2 Å². The van der Waals surface area contributed by atoms with Crippen LogP contribution in [-0.4, -0.2) is 34.8 Å². The van der Waals surface area contributed by atoms with E-state index in [1.165, 1.54) is 12.1 Å².